The average Bonchev–Trinajstić information content (AvgIpc) is 2.48. The van der Waals surface area contributed by atoms with Gasteiger partial charge in [0.05, 0.1) is 23.7 Å². The molecule has 0 saturated carbocycles. The van der Waals surface area contributed by atoms with Crippen LogP contribution in [-0.2, 0) is 14.9 Å². The molecule has 0 atom stereocenters. The molecule has 1 aliphatic rings. The summed E-state index contributed by atoms with van der Waals surface area (Å²) in [6.07, 6.45) is 1.32. The summed E-state index contributed by atoms with van der Waals surface area (Å²) in [5.41, 5.74) is 0.838. The van der Waals surface area contributed by atoms with Crippen LogP contribution in [0.2, 0.25) is 0 Å². The van der Waals surface area contributed by atoms with Crippen LogP contribution in [0.4, 0.5) is 0 Å². The average molecular weight is 259 g/mol. The number of ether oxygens (including phenoxy) is 2. The van der Waals surface area contributed by atoms with Crippen molar-refractivity contribution < 1.29 is 14.3 Å². The number of rotatable bonds is 3. The summed E-state index contributed by atoms with van der Waals surface area (Å²) in [7, 11) is 0. The Kier molecular flexibility index (Phi) is 4.18. The number of benzene rings is 1. The molecule has 1 saturated heterocycles. The maximum atomic E-state index is 11.7. The molecule has 4 heteroatoms. The molecule has 19 heavy (non-hydrogen) atoms. The Morgan fingerprint density at radius 3 is 2.84 bits per heavy atom. The molecule has 2 rings (SSSR count). The van der Waals surface area contributed by atoms with E-state index in [1.807, 2.05) is 6.07 Å². The van der Waals surface area contributed by atoms with E-state index in [4.69, 9.17) is 9.47 Å². The van der Waals surface area contributed by atoms with Crippen molar-refractivity contribution in [1.82, 2.24) is 0 Å². The van der Waals surface area contributed by atoms with Gasteiger partial charge in [0.1, 0.15) is 0 Å². The quantitative estimate of drug-likeness (QED) is 0.782. The molecule has 1 aromatic carbocycles. The Hall–Kier alpha value is -1.86. The van der Waals surface area contributed by atoms with Crippen LogP contribution in [0.15, 0.2) is 24.3 Å². The Morgan fingerprint density at radius 2 is 2.21 bits per heavy atom. The first kappa shape index (κ1) is 13.6. The van der Waals surface area contributed by atoms with Gasteiger partial charge in [0.2, 0.25) is 0 Å². The summed E-state index contributed by atoms with van der Waals surface area (Å²) in [6, 6.07) is 9.59. The maximum Gasteiger partial charge on any atom is 0.338 e. The van der Waals surface area contributed by atoms with E-state index in [1.165, 1.54) is 0 Å². The second-order valence-electron chi connectivity index (χ2n) is 4.61. The van der Waals surface area contributed by atoms with E-state index in [2.05, 4.69) is 6.07 Å². The molecule has 4 nitrogen and oxygen atoms in total. The Morgan fingerprint density at radius 1 is 1.47 bits per heavy atom. The van der Waals surface area contributed by atoms with Gasteiger partial charge in [-0.2, -0.15) is 5.26 Å². The number of carbonyl (C=O) groups is 1. The van der Waals surface area contributed by atoms with Crippen molar-refractivity contribution in [1.29, 1.82) is 5.26 Å². The fraction of sp³-hybridized carbons (Fsp3) is 0.467. The van der Waals surface area contributed by atoms with Gasteiger partial charge in [0, 0.05) is 13.2 Å². The van der Waals surface area contributed by atoms with Crippen molar-refractivity contribution in [3.05, 3.63) is 35.4 Å². The lowest BCUT2D eigenvalue weighted by molar-refractivity contribution is 0.0525. The number of carbonyl (C=O) groups excluding carboxylic acids is 1. The van der Waals surface area contributed by atoms with Gasteiger partial charge in [-0.05, 0) is 37.5 Å². The molecule has 100 valence electrons. The van der Waals surface area contributed by atoms with Crippen molar-refractivity contribution in [2.24, 2.45) is 0 Å². The summed E-state index contributed by atoms with van der Waals surface area (Å²) in [5, 5.41) is 9.51. The second-order valence-corrected chi connectivity index (χ2v) is 4.61. The van der Waals surface area contributed by atoms with Gasteiger partial charge in [-0.25, -0.2) is 4.79 Å². The van der Waals surface area contributed by atoms with Crippen molar-refractivity contribution in [2.75, 3.05) is 19.8 Å². The normalized spacial score (nSPS) is 17.5. The number of hydrogen-bond acceptors (Lipinski definition) is 4. The summed E-state index contributed by atoms with van der Waals surface area (Å²) in [6.45, 7) is 3.28. The molecule has 0 N–H and O–H groups in total. The molecular weight excluding hydrogens is 242 g/mol. The zero-order valence-electron chi connectivity index (χ0n) is 11.0. The van der Waals surface area contributed by atoms with E-state index < -0.39 is 5.41 Å². The lowest BCUT2D eigenvalue weighted by Gasteiger charge is -2.31. The maximum absolute atomic E-state index is 11.7. The first-order valence-corrected chi connectivity index (χ1v) is 6.48. The van der Waals surface area contributed by atoms with Crippen LogP contribution in [0.3, 0.4) is 0 Å². The van der Waals surface area contributed by atoms with E-state index in [0.29, 0.717) is 38.2 Å². The predicted molar refractivity (Wildman–Crippen MR) is 69.7 cm³/mol. The summed E-state index contributed by atoms with van der Waals surface area (Å²) >= 11 is 0. The van der Waals surface area contributed by atoms with Crippen LogP contribution in [0.25, 0.3) is 0 Å². The number of esters is 1. The summed E-state index contributed by atoms with van der Waals surface area (Å²) in [5.74, 6) is -0.343. The van der Waals surface area contributed by atoms with E-state index in [-0.39, 0.29) is 5.97 Å². The highest BCUT2D eigenvalue weighted by Gasteiger charge is 2.35. The molecule has 0 radical (unpaired) electrons. The number of nitriles is 1. The fourth-order valence-corrected chi connectivity index (χ4v) is 2.34. The van der Waals surface area contributed by atoms with Crippen molar-refractivity contribution in [3.8, 4) is 6.07 Å². The first-order chi connectivity index (χ1) is 9.22. The third kappa shape index (κ3) is 2.77. The van der Waals surface area contributed by atoms with Gasteiger partial charge in [-0.15, -0.1) is 0 Å². The Bertz CT molecular complexity index is 498. The van der Waals surface area contributed by atoms with Crippen LogP contribution in [0.5, 0.6) is 0 Å². The lowest BCUT2D eigenvalue weighted by Crippen LogP contribution is -2.32. The predicted octanol–water partition coefficient (Wildman–Crippen LogP) is 2.44. The first-order valence-electron chi connectivity index (χ1n) is 6.48. The molecular formula is C15H17NO3. The molecule has 0 spiro atoms. The van der Waals surface area contributed by atoms with Gasteiger partial charge < -0.3 is 9.47 Å². The van der Waals surface area contributed by atoms with Crippen LogP contribution in [-0.4, -0.2) is 25.8 Å². The van der Waals surface area contributed by atoms with Crippen molar-refractivity contribution in [3.63, 3.8) is 0 Å². The number of nitrogens with zero attached hydrogens (tertiary/aromatic N) is 1. The Labute approximate surface area is 112 Å². The molecule has 1 aliphatic heterocycles. The molecule has 1 heterocycles. The van der Waals surface area contributed by atoms with E-state index >= 15 is 0 Å². The van der Waals surface area contributed by atoms with Gasteiger partial charge in [-0.1, -0.05) is 12.1 Å². The molecule has 1 aromatic rings. The highest BCUT2D eigenvalue weighted by Crippen LogP contribution is 2.34. The Balaban J connectivity index is 2.32. The van der Waals surface area contributed by atoms with Crippen LogP contribution >= 0.6 is 0 Å². The molecule has 1 fully saturated rings. The highest BCUT2D eigenvalue weighted by molar-refractivity contribution is 5.89. The summed E-state index contributed by atoms with van der Waals surface area (Å²) < 4.78 is 10.3. The molecule has 0 bridgehead atoms. The van der Waals surface area contributed by atoms with Crippen LogP contribution in [0, 0.1) is 11.3 Å². The minimum Gasteiger partial charge on any atom is -0.462 e. The van der Waals surface area contributed by atoms with Gasteiger partial charge in [0.15, 0.2) is 0 Å². The second kappa shape index (κ2) is 5.85. The van der Waals surface area contributed by atoms with Crippen LogP contribution < -0.4 is 0 Å². The van der Waals surface area contributed by atoms with E-state index in [0.717, 1.165) is 5.56 Å². The molecule has 0 aliphatic carbocycles. The lowest BCUT2D eigenvalue weighted by atomic mass is 9.75. The van der Waals surface area contributed by atoms with Crippen molar-refractivity contribution in [2.45, 2.75) is 25.2 Å². The molecule has 0 unspecified atom stereocenters. The van der Waals surface area contributed by atoms with E-state index in [1.54, 1.807) is 25.1 Å². The van der Waals surface area contributed by atoms with Gasteiger partial charge >= 0.3 is 5.97 Å². The minimum atomic E-state index is -0.541. The van der Waals surface area contributed by atoms with Gasteiger partial charge in [-0.3, -0.25) is 0 Å². The topological polar surface area (TPSA) is 59.3 Å². The van der Waals surface area contributed by atoms with Crippen molar-refractivity contribution >= 4 is 5.97 Å². The molecule has 0 aromatic heterocycles. The van der Waals surface area contributed by atoms with E-state index in [9.17, 15) is 10.1 Å². The monoisotopic (exact) mass is 259 g/mol. The van der Waals surface area contributed by atoms with Crippen LogP contribution in [0.1, 0.15) is 35.7 Å². The zero-order valence-corrected chi connectivity index (χ0v) is 11.0. The fourth-order valence-electron chi connectivity index (χ4n) is 2.34. The summed E-state index contributed by atoms with van der Waals surface area (Å²) in [4.78, 5) is 11.7. The smallest absolute Gasteiger partial charge is 0.338 e. The highest BCUT2D eigenvalue weighted by atomic mass is 16.5. The molecule has 0 amide bonds. The third-order valence-electron chi connectivity index (χ3n) is 3.49. The number of hydrogen-bond donors (Lipinski definition) is 0. The minimum absolute atomic E-state index is 0.343. The third-order valence-corrected chi connectivity index (χ3v) is 3.49. The van der Waals surface area contributed by atoms with Gasteiger partial charge in [0.25, 0.3) is 0 Å². The SMILES string of the molecule is CCOC(=O)c1cccc(C2(C#N)CCOCC2)c1. The standard InChI is InChI=1S/C15H17NO3/c1-2-19-14(17)12-4-3-5-13(10-12)15(11-16)6-8-18-9-7-15/h3-5,10H,2,6-9H2,1H3. The zero-order chi connectivity index (χ0) is 13.7. The largest absolute Gasteiger partial charge is 0.462 e.